The number of rotatable bonds is 6. The average molecular weight is 320 g/mol. The summed E-state index contributed by atoms with van der Waals surface area (Å²) in [5, 5.41) is 0.888. The van der Waals surface area contributed by atoms with Crippen molar-refractivity contribution in [1.29, 1.82) is 0 Å². The molecule has 0 unspecified atom stereocenters. The van der Waals surface area contributed by atoms with Crippen molar-refractivity contribution in [2.75, 3.05) is 29.6 Å². The molecule has 0 heterocycles. The van der Waals surface area contributed by atoms with Gasteiger partial charge in [0.25, 0.3) is 0 Å². The Morgan fingerprint density at radius 2 is 1.82 bits per heavy atom. The van der Waals surface area contributed by atoms with E-state index >= 15 is 0 Å². The van der Waals surface area contributed by atoms with E-state index in [1.807, 2.05) is 26.1 Å². The summed E-state index contributed by atoms with van der Waals surface area (Å²) in [5.74, 6) is 0.212. The van der Waals surface area contributed by atoms with Crippen LogP contribution in [0, 0.1) is 0 Å². The lowest BCUT2D eigenvalue weighted by Crippen LogP contribution is -2.19. The Labute approximate surface area is 112 Å². The predicted molar refractivity (Wildman–Crippen MR) is 75.8 cm³/mol. The number of nitrogens with zero attached hydrogens (tertiary/aromatic N) is 1. The number of benzene rings is 1. The molecule has 17 heavy (non-hydrogen) atoms. The van der Waals surface area contributed by atoms with E-state index in [2.05, 4.69) is 20.8 Å². The predicted octanol–water partition coefficient (Wildman–Crippen LogP) is 2.70. The van der Waals surface area contributed by atoms with Crippen LogP contribution < -0.4 is 4.90 Å². The van der Waals surface area contributed by atoms with E-state index < -0.39 is 9.84 Å². The van der Waals surface area contributed by atoms with Gasteiger partial charge in [0.1, 0.15) is 0 Å². The fourth-order valence-corrected chi connectivity index (χ4v) is 3.41. The molecule has 0 aliphatic heterocycles. The van der Waals surface area contributed by atoms with Crippen LogP contribution in [0.5, 0.6) is 0 Å². The van der Waals surface area contributed by atoms with E-state index in [0.29, 0.717) is 11.3 Å². The van der Waals surface area contributed by atoms with E-state index in [9.17, 15) is 8.42 Å². The zero-order valence-corrected chi connectivity index (χ0v) is 12.6. The number of alkyl halides is 1. The minimum absolute atomic E-state index is 0.212. The van der Waals surface area contributed by atoms with Gasteiger partial charge in [-0.2, -0.15) is 0 Å². The summed E-state index contributed by atoms with van der Waals surface area (Å²) < 4.78 is 23.6. The summed E-state index contributed by atoms with van der Waals surface area (Å²) in [4.78, 5) is 2.49. The van der Waals surface area contributed by atoms with Gasteiger partial charge < -0.3 is 4.90 Å². The Morgan fingerprint density at radius 3 is 2.29 bits per heavy atom. The van der Waals surface area contributed by atoms with Crippen LogP contribution in [-0.4, -0.2) is 33.1 Å². The molecule has 0 saturated carbocycles. The van der Waals surface area contributed by atoms with Gasteiger partial charge in [0.05, 0.1) is 10.6 Å². The first-order chi connectivity index (χ1) is 8.01. The van der Waals surface area contributed by atoms with Crippen molar-refractivity contribution in [1.82, 2.24) is 0 Å². The lowest BCUT2D eigenvalue weighted by Gasteiger charge is -2.18. The van der Waals surface area contributed by atoms with Crippen molar-refractivity contribution in [3.63, 3.8) is 0 Å². The molecule has 0 radical (unpaired) electrons. The first-order valence-electron chi connectivity index (χ1n) is 5.61. The summed E-state index contributed by atoms with van der Waals surface area (Å²) in [5.41, 5.74) is 1.03. The van der Waals surface area contributed by atoms with Crippen molar-refractivity contribution in [3.05, 3.63) is 24.3 Å². The highest BCUT2D eigenvalue weighted by Crippen LogP contribution is 2.18. The minimum Gasteiger partial charge on any atom is -0.374 e. The third-order valence-corrected chi connectivity index (χ3v) is 4.82. The van der Waals surface area contributed by atoms with Crippen molar-refractivity contribution in [2.24, 2.45) is 0 Å². The summed E-state index contributed by atoms with van der Waals surface area (Å²) >= 11 is 3.38. The molecule has 1 aromatic rings. The van der Waals surface area contributed by atoms with E-state index in [-0.39, 0.29) is 5.75 Å². The van der Waals surface area contributed by atoms with Crippen LogP contribution in [0.4, 0.5) is 5.69 Å². The molecular formula is C12H18BrNO2S. The Bertz CT molecular complexity index is 442. The highest BCUT2D eigenvalue weighted by atomic mass is 79.9. The molecular weight excluding hydrogens is 302 g/mol. The second-order valence-electron chi connectivity index (χ2n) is 3.92. The maximum atomic E-state index is 11.8. The number of hydrogen-bond donors (Lipinski definition) is 0. The van der Waals surface area contributed by atoms with Crippen LogP contribution in [0.2, 0.25) is 0 Å². The van der Waals surface area contributed by atoms with E-state index in [1.54, 1.807) is 12.1 Å². The summed E-state index contributed by atoms with van der Waals surface area (Å²) in [6, 6.07) is 7.08. The second-order valence-corrected chi connectivity index (χ2v) is 6.83. The van der Waals surface area contributed by atoms with Gasteiger partial charge in [-0.05, 0) is 30.7 Å². The smallest absolute Gasteiger partial charge is 0.178 e. The minimum atomic E-state index is -3.09. The van der Waals surface area contributed by atoms with Crippen LogP contribution in [0.3, 0.4) is 0 Å². The fourth-order valence-electron chi connectivity index (χ4n) is 1.55. The molecule has 0 saturated heterocycles. The van der Waals surface area contributed by atoms with Crippen LogP contribution in [0.1, 0.15) is 13.3 Å². The van der Waals surface area contributed by atoms with Crippen molar-refractivity contribution >= 4 is 31.5 Å². The summed E-state index contributed by atoms with van der Waals surface area (Å²) in [7, 11) is -1.11. The SMILES string of the molecule is CCCS(=O)(=O)c1ccc(N(C)CCBr)cc1. The Hall–Kier alpha value is -0.550. The van der Waals surface area contributed by atoms with E-state index in [1.165, 1.54) is 0 Å². The molecule has 0 spiro atoms. The molecule has 0 amide bonds. The number of anilines is 1. The van der Waals surface area contributed by atoms with Crippen molar-refractivity contribution in [3.8, 4) is 0 Å². The van der Waals surface area contributed by atoms with Crippen LogP contribution in [-0.2, 0) is 9.84 Å². The zero-order valence-electron chi connectivity index (χ0n) is 10.2. The van der Waals surface area contributed by atoms with Crippen LogP contribution in [0.15, 0.2) is 29.2 Å². The Morgan fingerprint density at radius 1 is 1.24 bits per heavy atom. The molecule has 5 heteroatoms. The first kappa shape index (κ1) is 14.5. The zero-order chi connectivity index (χ0) is 12.9. The molecule has 0 fully saturated rings. The summed E-state index contributed by atoms with van der Waals surface area (Å²) in [6.45, 7) is 2.76. The van der Waals surface area contributed by atoms with Gasteiger partial charge in [0.15, 0.2) is 9.84 Å². The van der Waals surface area contributed by atoms with Gasteiger partial charge in [-0.3, -0.25) is 0 Å². The maximum Gasteiger partial charge on any atom is 0.178 e. The summed E-state index contributed by atoms with van der Waals surface area (Å²) in [6.07, 6.45) is 0.646. The molecule has 0 atom stereocenters. The number of halogens is 1. The van der Waals surface area contributed by atoms with Gasteiger partial charge in [0.2, 0.25) is 0 Å². The molecule has 0 bridgehead atoms. The number of sulfone groups is 1. The molecule has 96 valence electrons. The lowest BCUT2D eigenvalue weighted by atomic mass is 10.3. The quantitative estimate of drug-likeness (QED) is 0.756. The van der Waals surface area contributed by atoms with Gasteiger partial charge in [-0.15, -0.1) is 0 Å². The van der Waals surface area contributed by atoms with E-state index in [4.69, 9.17) is 0 Å². The second kappa shape index (κ2) is 6.40. The fraction of sp³-hybridized carbons (Fsp3) is 0.500. The highest BCUT2D eigenvalue weighted by Gasteiger charge is 2.12. The molecule has 1 aromatic carbocycles. The third-order valence-electron chi connectivity index (χ3n) is 2.53. The monoisotopic (exact) mass is 319 g/mol. The molecule has 0 aliphatic carbocycles. The number of hydrogen-bond acceptors (Lipinski definition) is 3. The molecule has 0 aromatic heterocycles. The molecule has 0 aliphatic rings. The third kappa shape index (κ3) is 4.00. The first-order valence-corrected chi connectivity index (χ1v) is 8.38. The molecule has 0 N–H and O–H groups in total. The van der Waals surface area contributed by atoms with Crippen LogP contribution >= 0.6 is 15.9 Å². The van der Waals surface area contributed by atoms with Crippen molar-refractivity contribution in [2.45, 2.75) is 18.2 Å². The van der Waals surface area contributed by atoms with E-state index in [0.717, 1.165) is 17.6 Å². The molecule has 1 rings (SSSR count). The van der Waals surface area contributed by atoms with Gasteiger partial charge in [0, 0.05) is 24.6 Å². The lowest BCUT2D eigenvalue weighted by molar-refractivity contribution is 0.594. The molecule has 3 nitrogen and oxygen atoms in total. The Balaban J connectivity index is 2.88. The normalized spacial score (nSPS) is 11.5. The largest absolute Gasteiger partial charge is 0.374 e. The topological polar surface area (TPSA) is 37.4 Å². The average Bonchev–Trinajstić information content (AvgIpc) is 2.29. The highest BCUT2D eigenvalue weighted by molar-refractivity contribution is 9.09. The standard InChI is InChI=1S/C12H18BrNO2S/c1-3-10-17(15,16)12-6-4-11(5-7-12)14(2)9-8-13/h4-7H,3,8-10H2,1-2H3. The van der Waals surface area contributed by atoms with Gasteiger partial charge >= 0.3 is 0 Å². The van der Waals surface area contributed by atoms with Gasteiger partial charge in [-0.1, -0.05) is 22.9 Å². The maximum absolute atomic E-state index is 11.8. The van der Waals surface area contributed by atoms with Gasteiger partial charge in [-0.25, -0.2) is 8.42 Å². The Kier molecular flexibility index (Phi) is 5.46. The van der Waals surface area contributed by atoms with Crippen molar-refractivity contribution < 1.29 is 8.42 Å². The van der Waals surface area contributed by atoms with Crippen LogP contribution in [0.25, 0.3) is 0 Å².